The van der Waals surface area contributed by atoms with Crippen LogP contribution in [-0.2, 0) is 6.54 Å². The van der Waals surface area contributed by atoms with E-state index < -0.39 is 6.23 Å². The Morgan fingerprint density at radius 3 is 2.73 bits per heavy atom. The lowest BCUT2D eigenvalue weighted by Gasteiger charge is -2.17. The molecule has 1 aliphatic heterocycles. The molecule has 1 fully saturated rings. The van der Waals surface area contributed by atoms with E-state index in [-0.39, 0.29) is 5.92 Å². The Morgan fingerprint density at radius 2 is 2.13 bits per heavy atom. The van der Waals surface area contributed by atoms with Gasteiger partial charge in [0.05, 0.1) is 0 Å². The van der Waals surface area contributed by atoms with Gasteiger partial charge in [0, 0.05) is 19.0 Å². The molecule has 15 heavy (non-hydrogen) atoms. The van der Waals surface area contributed by atoms with E-state index in [9.17, 15) is 5.11 Å². The predicted molar refractivity (Wildman–Crippen MR) is 60.0 cm³/mol. The van der Waals surface area contributed by atoms with Crippen molar-refractivity contribution >= 4 is 0 Å². The van der Waals surface area contributed by atoms with Crippen LogP contribution in [0.2, 0.25) is 0 Å². The van der Waals surface area contributed by atoms with Gasteiger partial charge in [0.15, 0.2) is 0 Å². The summed E-state index contributed by atoms with van der Waals surface area (Å²) in [4.78, 5) is 2.34. The summed E-state index contributed by atoms with van der Waals surface area (Å²) in [5.74, 6) is 0.244. The van der Waals surface area contributed by atoms with Crippen molar-refractivity contribution in [3.8, 4) is 0 Å². The molecule has 3 nitrogen and oxygen atoms in total. The number of benzene rings is 1. The summed E-state index contributed by atoms with van der Waals surface area (Å²) in [5.41, 5.74) is 6.81. The number of likely N-dealkylation sites (tertiary alicyclic amines) is 1. The van der Waals surface area contributed by atoms with Crippen LogP contribution in [0.25, 0.3) is 0 Å². The molecule has 2 atom stereocenters. The number of nitrogens with zero attached hydrogens (tertiary/aromatic N) is 1. The third-order valence-electron chi connectivity index (χ3n) is 3.04. The summed E-state index contributed by atoms with van der Waals surface area (Å²) in [7, 11) is 0. The summed E-state index contributed by atoms with van der Waals surface area (Å²) < 4.78 is 0. The summed E-state index contributed by atoms with van der Waals surface area (Å²) in [5, 5.41) is 9.29. The zero-order valence-electron chi connectivity index (χ0n) is 8.84. The number of aliphatic hydroxyl groups excluding tert-OH is 1. The minimum absolute atomic E-state index is 0.244. The second-order valence-electron chi connectivity index (χ2n) is 4.26. The highest BCUT2D eigenvalue weighted by molar-refractivity contribution is 5.14. The van der Waals surface area contributed by atoms with Gasteiger partial charge >= 0.3 is 0 Å². The standard InChI is InChI=1S/C12H18N2O/c13-12(15)11-6-7-14(9-11)8-10-4-2-1-3-5-10/h1-5,11-12,15H,6-9,13H2. The van der Waals surface area contributed by atoms with Crippen molar-refractivity contribution in [3.05, 3.63) is 35.9 Å². The Bertz CT molecular complexity index is 300. The van der Waals surface area contributed by atoms with E-state index >= 15 is 0 Å². The maximum atomic E-state index is 9.29. The van der Waals surface area contributed by atoms with Crippen LogP contribution in [0.1, 0.15) is 12.0 Å². The maximum absolute atomic E-state index is 9.29. The fourth-order valence-corrected chi connectivity index (χ4v) is 2.13. The van der Waals surface area contributed by atoms with Crippen molar-refractivity contribution in [3.63, 3.8) is 0 Å². The highest BCUT2D eigenvalue weighted by Crippen LogP contribution is 2.19. The fraction of sp³-hybridized carbons (Fsp3) is 0.500. The molecule has 3 N–H and O–H groups in total. The largest absolute Gasteiger partial charge is 0.378 e. The molecule has 0 radical (unpaired) electrons. The fourth-order valence-electron chi connectivity index (χ4n) is 2.13. The highest BCUT2D eigenvalue weighted by Gasteiger charge is 2.25. The van der Waals surface area contributed by atoms with E-state index in [1.54, 1.807) is 0 Å². The van der Waals surface area contributed by atoms with Gasteiger partial charge in [-0.3, -0.25) is 4.90 Å². The maximum Gasteiger partial charge on any atom is 0.106 e. The second-order valence-corrected chi connectivity index (χ2v) is 4.26. The molecule has 0 saturated carbocycles. The number of nitrogens with two attached hydrogens (primary N) is 1. The van der Waals surface area contributed by atoms with Gasteiger partial charge in [-0.2, -0.15) is 0 Å². The normalized spacial score (nSPS) is 24.3. The molecular formula is C12H18N2O. The molecule has 0 spiro atoms. The van der Waals surface area contributed by atoms with Crippen LogP contribution in [0.3, 0.4) is 0 Å². The van der Waals surface area contributed by atoms with Crippen LogP contribution in [0.5, 0.6) is 0 Å². The van der Waals surface area contributed by atoms with E-state index in [1.807, 2.05) is 6.07 Å². The topological polar surface area (TPSA) is 49.5 Å². The molecule has 82 valence electrons. The summed E-state index contributed by atoms with van der Waals surface area (Å²) >= 11 is 0. The molecule has 3 heteroatoms. The Balaban J connectivity index is 1.88. The Morgan fingerprint density at radius 1 is 1.40 bits per heavy atom. The molecule has 1 heterocycles. The van der Waals surface area contributed by atoms with Crippen molar-refractivity contribution in [2.75, 3.05) is 13.1 Å². The molecule has 2 unspecified atom stereocenters. The molecule has 0 aliphatic carbocycles. The van der Waals surface area contributed by atoms with Gasteiger partial charge < -0.3 is 10.8 Å². The molecule has 0 bridgehead atoms. The first-order chi connectivity index (χ1) is 7.25. The first kappa shape index (κ1) is 10.6. The first-order valence-electron chi connectivity index (χ1n) is 5.45. The number of aliphatic hydroxyl groups is 1. The third kappa shape index (κ3) is 2.78. The van der Waals surface area contributed by atoms with Crippen LogP contribution in [0.15, 0.2) is 30.3 Å². The lowest BCUT2D eigenvalue weighted by molar-refractivity contribution is 0.116. The van der Waals surface area contributed by atoms with Gasteiger partial charge in [-0.05, 0) is 18.5 Å². The summed E-state index contributed by atoms with van der Waals surface area (Å²) in [6.07, 6.45) is 0.343. The minimum Gasteiger partial charge on any atom is -0.378 e. The van der Waals surface area contributed by atoms with Crippen molar-refractivity contribution in [1.29, 1.82) is 0 Å². The average Bonchev–Trinajstić information content (AvgIpc) is 2.68. The minimum atomic E-state index is -0.661. The van der Waals surface area contributed by atoms with Crippen LogP contribution >= 0.6 is 0 Å². The lowest BCUT2D eigenvalue weighted by atomic mass is 10.1. The van der Waals surface area contributed by atoms with Crippen LogP contribution in [0.4, 0.5) is 0 Å². The molecule has 2 rings (SSSR count). The molecule has 1 saturated heterocycles. The van der Waals surface area contributed by atoms with Gasteiger partial charge in [-0.1, -0.05) is 30.3 Å². The van der Waals surface area contributed by atoms with Crippen molar-refractivity contribution in [1.82, 2.24) is 4.90 Å². The summed E-state index contributed by atoms with van der Waals surface area (Å²) in [6.45, 7) is 2.91. The zero-order chi connectivity index (χ0) is 10.7. The van der Waals surface area contributed by atoms with Crippen LogP contribution in [-0.4, -0.2) is 29.3 Å². The molecule has 0 aromatic heterocycles. The first-order valence-corrected chi connectivity index (χ1v) is 5.45. The molecule has 0 amide bonds. The number of hydrogen-bond acceptors (Lipinski definition) is 3. The third-order valence-corrected chi connectivity index (χ3v) is 3.04. The van der Waals surface area contributed by atoms with Gasteiger partial charge in [-0.25, -0.2) is 0 Å². The van der Waals surface area contributed by atoms with Crippen molar-refractivity contribution in [2.24, 2.45) is 11.7 Å². The lowest BCUT2D eigenvalue weighted by Crippen LogP contribution is -2.31. The van der Waals surface area contributed by atoms with E-state index in [1.165, 1.54) is 5.56 Å². The number of hydrogen-bond donors (Lipinski definition) is 2. The molecule has 1 aromatic rings. The predicted octanol–water partition coefficient (Wildman–Crippen LogP) is 0.786. The monoisotopic (exact) mass is 206 g/mol. The van der Waals surface area contributed by atoms with Crippen molar-refractivity contribution < 1.29 is 5.11 Å². The second kappa shape index (κ2) is 4.75. The summed E-state index contributed by atoms with van der Waals surface area (Å²) in [6, 6.07) is 10.4. The Labute approximate surface area is 90.5 Å². The molecule has 1 aliphatic rings. The number of rotatable bonds is 3. The van der Waals surface area contributed by atoms with E-state index in [2.05, 4.69) is 29.2 Å². The molecule has 1 aromatic carbocycles. The SMILES string of the molecule is NC(O)C1CCN(Cc2ccccc2)C1. The van der Waals surface area contributed by atoms with Gasteiger partial charge in [0.25, 0.3) is 0 Å². The van der Waals surface area contributed by atoms with E-state index in [0.29, 0.717) is 0 Å². The van der Waals surface area contributed by atoms with Crippen molar-refractivity contribution in [2.45, 2.75) is 19.2 Å². The Kier molecular flexibility index (Phi) is 3.36. The van der Waals surface area contributed by atoms with E-state index in [0.717, 1.165) is 26.1 Å². The van der Waals surface area contributed by atoms with E-state index in [4.69, 9.17) is 5.73 Å². The molecular weight excluding hydrogens is 188 g/mol. The van der Waals surface area contributed by atoms with Crippen LogP contribution < -0.4 is 5.73 Å². The van der Waals surface area contributed by atoms with Gasteiger partial charge in [0.1, 0.15) is 6.23 Å². The smallest absolute Gasteiger partial charge is 0.106 e. The highest BCUT2D eigenvalue weighted by atomic mass is 16.3. The van der Waals surface area contributed by atoms with Gasteiger partial charge in [-0.15, -0.1) is 0 Å². The Hall–Kier alpha value is -0.900. The average molecular weight is 206 g/mol. The quantitative estimate of drug-likeness (QED) is 0.719. The van der Waals surface area contributed by atoms with Crippen LogP contribution in [0, 0.1) is 5.92 Å². The van der Waals surface area contributed by atoms with Gasteiger partial charge in [0.2, 0.25) is 0 Å². The zero-order valence-corrected chi connectivity index (χ0v) is 8.84.